The fourth-order valence-corrected chi connectivity index (χ4v) is 2.12. The van der Waals surface area contributed by atoms with Crippen LogP contribution in [0.25, 0.3) is 5.82 Å². The third-order valence-corrected chi connectivity index (χ3v) is 3.30. The molecule has 0 spiro atoms. The SMILES string of the molecule is O=C(NCc1ccccc1)NCc1ccnc(-n2cccn2)c1. The van der Waals surface area contributed by atoms with Gasteiger partial charge in [0.2, 0.25) is 0 Å². The van der Waals surface area contributed by atoms with Gasteiger partial charge in [-0.25, -0.2) is 14.5 Å². The average molecular weight is 307 g/mol. The van der Waals surface area contributed by atoms with Crippen molar-refractivity contribution in [1.29, 1.82) is 0 Å². The number of nitrogens with zero attached hydrogens (tertiary/aromatic N) is 3. The van der Waals surface area contributed by atoms with Crippen LogP contribution < -0.4 is 10.6 Å². The van der Waals surface area contributed by atoms with Gasteiger partial charge in [-0.1, -0.05) is 30.3 Å². The number of amides is 2. The number of hydrogen-bond donors (Lipinski definition) is 2. The minimum absolute atomic E-state index is 0.202. The van der Waals surface area contributed by atoms with E-state index in [-0.39, 0.29) is 6.03 Å². The summed E-state index contributed by atoms with van der Waals surface area (Å²) in [6, 6.07) is 15.2. The maximum Gasteiger partial charge on any atom is 0.315 e. The molecule has 2 heterocycles. The van der Waals surface area contributed by atoms with Gasteiger partial charge < -0.3 is 10.6 Å². The van der Waals surface area contributed by atoms with Crippen molar-refractivity contribution in [3.8, 4) is 5.82 Å². The second kappa shape index (κ2) is 7.22. The number of urea groups is 1. The molecule has 116 valence electrons. The van der Waals surface area contributed by atoms with Crippen LogP contribution in [0.15, 0.2) is 67.1 Å². The molecule has 3 rings (SSSR count). The Kier molecular flexibility index (Phi) is 4.63. The first kappa shape index (κ1) is 14.8. The van der Waals surface area contributed by atoms with Crippen molar-refractivity contribution in [2.24, 2.45) is 0 Å². The molecular weight excluding hydrogens is 290 g/mol. The highest BCUT2D eigenvalue weighted by Crippen LogP contribution is 2.06. The highest BCUT2D eigenvalue weighted by molar-refractivity contribution is 5.73. The summed E-state index contributed by atoms with van der Waals surface area (Å²) in [5.41, 5.74) is 2.02. The van der Waals surface area contributed by atoms with Crippen LogP contribution in [-0.2, 0) is 13.1 Å². The number of aromatic nitrogens is 3. The first-order chi connectivity index (χ1) is 11.3. The van der Waals surface area contributed by atoms with Crippen LogP contribution >= 0.6 is 0 Å². The number of hydrogen-bond acceptors (Lipinski definition) is 3. The van der Waals surface area contributed by atoms with E-state index in [9.17, 15) is 4.79 Å². The summed E-state index contributed by atoms with van der Waals surface area (Å²) in [4.78, 5) is 16.1. The number of nitrogens with one attached hydrogen (secondary N) is 2. The van der Waals surface area contributed by atoms with Crippen LogP contribution in [0.1, 0.15) is 11.1 Å². The van der Waals surface area contributed by atoms with Crippen LogP contribution in [0.3, 0.4) is 0 Å². The summed E-state index contributed by atoms with van der Waals surface area (Å²) >= 11 is 0. The molecule has 0 aliphatic heterocycles. The van der Waals surface area contributed by atoms with E-state index in [1.165, 1.54) is 0 Å². The van der Waals surface area contributed by atoms with E-state index >= 15 is 0 Å². The number of carbonyl (C=O) groups is 1. The summed E-state index contributed by atoms with van der Waals surface area (Å²) in [5.74, 6) is 0.721. The summed E-state index contributed by atoms with van der Waals surface area (Å²) < 4.78 is 1.68. The average Bonchev–Trinajstić information content (AvgIpc) is 3.14. The van der Waals surface area contributed by atoms with Gasteiger partial charge in [0.25, 0.3) is 0 Å². The first-order valence-corrected chi connectivity index (χ1v) is 7.32. The Labute approximate surface area is 134 Å². The molecule has 2 aromatic heterocycles. The largest absolute Gasteiger partial charge is 0.334 e. The van der Waals surface area contributed by atoms with Crippen molar-refractivity contribution in [3.63, 3.8) is 0 Å². The van der Waals surface area contributed by atoms with E-state index < -0.39 is 0 Å². The second-order valence-corrected chi connectivity index (χ2v) is 4.99. The lowest BCUT2D eigenvalue weighted by molar-refractivity contribution is 0.240. The van der Waals surface area contributed by atoms with E-state index in [4.69, 9.17) is 0 Å². The van der Waals surface area contributed by atoms with Gasteiger partial charge in [0, 0.05) is 31.7 Å². The molecule has 2 amide bonds. The van der Waals surface area contributed by atoms with Gasteiger partial charge in [-0.05, 0) is 29.3 Å². The van der Waals surface area contributed by atoms with Crippen LogP contribution in [0.5, 0.6) is 0 Å². The molecule has 0 saturated carbocycles. The number of benzene rings is 1. The van der Waals surface area contributed by atoms with E-state index in [1.54, 1.807) is 17.1 Å². The van der Waals surface area contributed by atoms with Crippen LogP contribution in [-0.4, -0.2) is 20.8 Å². The Morgan fingerprint density at radius 3 is 2.48 bits per heavy atom. The molecule has 3 aromatic rings. The molecule has 0 aliphatic carbocycles. The normalized spacial score (nSPS) is 10.3. The zero-order valence-corrected chi connectivity index (χ0v) is 12.5. The fraction of sp³-hybridized carbons (Fsp3) is 0.118. The minimum Gasteiger partial charge on any atom is -0.334 e. The predicted molar refractivity (Wildman–Crippen MR) is 86.9 cm³/mol. The standard InChI is InChI=1S/C17H17N5O/c23-17(19-12-14-5-2-1-3-6-14)20-13-15-7-9-18-16(11-15)22-10-4-8-21-22/h1-11H,12-13H2,(H2,19,20,23). The molecule has 2 N–H and O–H groups in total. The zero-order valence-electron chi connectivity index (χ0n) is 12.5. The van der Waals surface area contributed by atoms with Gasteiger partial charge in [0.1, 0.15) is 0 Å². The van der Waals surface area contributed by atoms with E-state index in [1.807, 2.05) is 54.7 Å². The van der Waals surface area contributed by atoms with Gasteiger partial charge in [-0.2, -0.15) is 5.10 Å². The van der Waals surface area contributed by atoms with Crippen molar-refractivity contribution in [1.82, 2.24) is 25.4 Å². The fourth-order valence-electron chi connectivity index (χ4n) is 2.12. The Bertz CT molecular complexity index is 756. The molecule has 6 nitrogen and oxygen atoms in total. The third kappa shape index (κ3) is 4.16. The molecule has 1 aromatic carbocycles. The lowest BCUT2D eigenvalue weighted by atomic mass is 10.2. The van der Waals surface area contributed by atoms with Crippen molar-refractivity contribution in [2.75, 3.05) is 0 Å². The van der Waals surface area contributed by atoms with Gasteiger partial charge in [-0.3, -0.25) is 0 Å². The van der Waals surface area contributed by atoms with Crippen molar-refractivity contribution < 1.29 is 4.79 Å². The van der Waals surface area contributed by atoms with Gasteiger partial charge in [0.15, 0.2) is 5.82 Å². The van der Waals surface area contributed by atoms with Gasteiger partial charge in [0.05, 0.1) is 0 Å². The molecule has 6 heteroatoms. The molecule has 0 atom stereocenters. The highest BCUT2D eigenvalue weighted by atomic mass is 16.2. The summed E-state index contributed by atoms with van der Waals surface area (Å²) in [6.07, 6.45) is 5.23. The quantitative estimate of drug-likeness (QED) is 0.759. The molecule has 0 bridgehead atoms. The van der Waals surface area contributed by atoms with Crippen molar-refractivity contribution in [2.45, 2.75) is 13.1 Å². The molecule has 0 saturated heterocycles. The summed E-state index contributed by atoms with van der Waals surface area (Å²) in [6.45, 7) is 0.930. The lowest BCUT2D eigenvalue weighted by Gasteiger charge is -2.08. The molecule has 0 unspecified atom stereocenters. The molecule has 0 aliphatic rings. The summed E-state index contributed by atoms with van der Waals surface area (Å²) in [7, 11) is 0. The minimum atomic E-state index is -0.202. The van der Waals surface area contributed by atoms with Crippen molar-refractivity contribution in [3.05, 3.63) is 78.2 Å². The first-order valence-electron chi connectivity index (χ1n) is 7.32. The number of pyridine rings is 1. The van der Waals surface area contributed by atoms with Crippen LogP contribution in [0, 0.1) is 0 Å². The van der Waals surface area contributed by atoms with E-state index in [2.05, 4.69) is 20.7 Å². The number of rotatable bonds is 5. The predicted octanol–water partition coefficient (Wildman–Crippen LogP) is 2.27. The maximum atomic E-state index is 11.8. The number of carbonyl (C=O) groups excluding carboxylic acids is 1. The Morgan fingerprint density at radius 1 is 0.957 bits per heavy atom. The smallest absolute Gasteiger partial charge is 0.315 e. The molecule has 0 radical (unpaired) electrons. The third-order valence-electron chi connectivity index (χ3n) is 3.30. The van der Waals surface area contributed by atoms with Gasteiger partial charge in [-0.15, -0.1) is 0 Å². The Morgan fingerprint density at radius 2 is 1.74 bits per heavy atom. The van der Waals surface area contributed by atoms with Crippen molar-refractivity contribution >= 4 is 6.03 Å². The molecule has 23 heavy (non-hydrogen) atoms. The molecular formula is C17H17N5O. The van der Waals surface area contributed by atoms with Crippen LogP contribution in [0.4, 0.5) is 4.79 Å². The lowest BCUT2D eigenvalue weighted by Crippen LogP contribution is -2.34. The van der Waals surface area contributed by atoms with Crippen LogP contribution in [0.2, 0.25) is 0 Å². The van der Waals surface area contributed by atoms with E-state index in [0.29, 0.717) is 13.1 Å². The Balaban J connectivity index is 1.52. The topological polar surface area (TPSA) is 71.8 Å². The Hall–Kier alpha value is -3.15. The second-order valence-electron chi connectivity index (χ2n) is 4.99. The highest BCUT2D eigenvalue weighted by Gasteiger charge is 2.03. The maximum absolute atomic E-state index is 11.8. The zero-order chi connectivity index (χ0) is 15.9. The van der Waals surface area contributed by atoms with E-state index in [0.717, 1.165) is 16.9 Å². The summed E-state index contributed by atoms with van der Waals surface area (Å²) in [5, 5.41) is 9.80. The molecule has 0 fully saturated rings. The van der Waals surface area contributed by atoms with Gasteiger partial charge >= 0.3 is 6.03 Å². The monoisotopic (exact) mass is 307 g/mol.